The van der Waals surface area contributed by atoms with Gasteiger partial charge in [-0.1, -0.05) is 25.1 Å². The Morgan fingerprint density at radius 2 is 1.75 bits per heavy atom. The van der Waals surface area contributed by atoms with Gasteiger partial charge in [0.05, 0.1) is 24.6 Å². The number of sulfonamides is 1. The van der Waals surface area contributed by atoms with E-state index in [1.807, 2.05) is 6.92 Å². The predicted octanol–water partition coefficient (Wildman–Crippen LogP) is 3.42. The fraction of sp³-hybridized carbons (Fsp3) is 0.417. The maximum Gasteiger partial charge on any atom is 0.416 e. The first kappa shape index (κ1) is 29.0. The molecule has 0 radical (unpaired) electrons. The first-order chi connectivity index (χ1) is 16.8. The van der Waals surface area contributed by atoms with Crippen LogP contribution in [0.25, 0.3) is 0 Å². The van der Waals surface area contributed by atoms with Crippen molar-refractivity contribution in [2.45, 2.75) is 39.0 Å². The van der Waals surface area contributed by atoms with E-state index in [-0.39, 0.29) is 12.2 Å². The number of benzene rings is 2. The van der Waals surface area contributed by atoms with Crippen LogP contribution in [0.2, 0.25) is 0 Å². The number of halogens is 3. The molecule has 0 unspecified atom stereocenters. The monoisotopic (exact) mass is 529 g/mol. The summed E-state index contributed by atoms with van der Waals surface area (Å²) in [6.07, 6.45) is -3.23. The summed E-state index contributed by atoms with van der Waals surface area (Å²) in [4.78, 5) is 27.3. The third-order valence-corrected chi connectivity index (χ3v) is 6.51. The Kier molecular flexibility index (Phi) is 9.74. The zero-order valence-corrected chi connectivity index (χ0v) is 21.3. The lowest BCUT2D eigenvalue weighted by Crippen LogP contribution is -2.51. The molecule has 2 rings (SSSR count). The Morgan fingerprint density at radius 3 is 2.28 bits per heavy atom. The summed E-state index contributed by atoms with van der Waals surface area (Å²) >= 11 is 0. The summed E-state index contributed by atoms with van der Waals surface area (Å²) in [6.45, 7) is 2.92. The number of alkyl halides is 3. The van der Waals surface area contributed by atoms with Crippen LogP contribution in [-0.2, 0) is 32.3 Å². The van der Waals surface area contributed by atoms with Crippen molar-refractivity contribution in [2.75, 3.05) is 30.8 Å². The Morgan fingerprint density at radius 1 is 1.11 bits per heavy atom. The van der Waals surface area contributed by atoms with E-state index < -0.39 is 46.2 Å². The molecular formula is C24H30F3N3O5S. The number of anilines is 1. The quantitative estimate of drug-likeness (QED) is 0.481. The highest BCUT2D eigenvalue weighted by atomic mass is 32.2. The second-order valence-electron chi connectivity index (χ2n) is 8.15. The van der Waals surface area contributed by atoms with Crippen molar-refractivity contribution < 1.29 is 35.9 Å². The number of methoxy groups -OCH3 is 1. The highest BCUT2D eigenvalue weighted by Crippen LogP contribution is 2.32. The van der Waals surface area contributed by atoms with Crippen LogP contribution in [0, 0.1) is 0 Å². The van der Waals surface area contributed by atoms with Gasteiger partial charge in [0.2, 0.25) is 21.8 Å². The van der Waals surface area contributed by atoms with Crippen LogP contribution in [0.3, 0.4) is 0 Å². The summed E-state index contributed by atoms with van der Waals surface area (Å²) in [6, 6.07) is 9.46. The Labute approximate surface area is 209 Å². The molecule has 36 heavy (non-hydrogen) atoms. The van der Waals surface area contributed by atoms with Crippen molar-refractivity contribution in [3.63, 3.8) is 0 Å². The SMILES string of the molecule is CCCNC(=O)[C@H](C)N(Cc1ccc(OC)cc1)C(=O)CN(c1cccc(C(F)(F)F)c1)S(C)(=O)=O. The zero-order valence-electron chi connectivity index (χ0n) is 20.5. The minimum atomic E-state index is -4.70. The van der Waals surface area contributed by atoms with E-state index in [9.17, 15) is 31.2 Å². The number of hydrogen-bond donors (Lipinski definition) is 1. The summed E-state index contributed by atoms with van der Waals surface area (Å²) in [5.74, 6) is -0.616. The summed E-state index contributed by atoms with van der Waals surface area (Å²) in [5, 5.41) is 2.70. The van der Waals surface area contributed by atoms with Gasteiger partial charge in [0.25, 0.3) is 0 Å². The summed E-state index contributed by atoms with van der Waals surface area (Å²) in [7, 11) is -2.65. The van der Waals surface area contributed by atoms with Gasteiger partial charge in [-0.25, -0.2) is 8.42 Å². The van der Waals surface area contributed by atoms with Gasteiger partial charge in [0.1, 0.15) is 18.3 Å². The molecule has 0 saturated carbocycles. The average Bonchev–Trinajstić information content (AvgIpc) is 2.83. The lowest BCUT2D eigenvalue weighted by Gasteiger charge is -2.31. The Hall–Kier alpha value is -3.28. The smallest absolute Gasteiger partial charge is 0.416 e. The number of nitrogens with one attached hydrogen (secondary N) is 1. The molecule has 0 aliphatic carbocycles. The molecular weight excluding hydrogens is 499 g/mol. The topological polar surface area (TPSA) is 96.0 Å². The van der Waals surface area contributed by atoms with Gasteiger partial charge < -0.3 is 15.0 Å². The first-order valence-corrected chi connectivity index (χ1v) is 13.0. The van der Waals surface area contributed by atoms with E-state index in [1.54, 1.807) is 24.3 Å². The Bertz CT molecular complexity index is 1150. The maximum atomic E-state index is 13.4. The van der Waals surface area contributed by atoms with Gasteiger partial charge in [-0.2, -0.15) is 13.2 Å². The fourth-order valence-electron chi connectivity index (χ4n) is 3.36. The highest BCUT2D eigenvalue weighted by Gasteiger charge is 2.33. The van der Waals surface area contributed by atoms with Crippen molar-refractivity contribution in [3.05, 3.63) is 59.7 Å². The summed E-state index contributed by atoms with van der Waals surface area (Å²) < 4.78 is 70.4. The molecule has 2 amide bonds. The molecule has 0 spiro atoms. The second-order valence-corrected chi connectivity index (χ2v) is 10.1. The molecule has 198 valence electrons. The maximum absolute atomic E-state index is 13.4. The number of hydrogen-bond acceptors (Lipinski definition) is 5. The number of carbonyl (C=O) groups excluding carboxylic acids is 2. The standard InChI is InChI=1S/C24H30F3N3O5S/c1-5-13-28-23(32)17(2)29(15-18-9-11-21(35-3)12-10-18)22(31)16-30(36(4,33)34)20-8-6-7-19(14-20)24(25,26)27/h6-12,14,17H,5,13,15-16H2,1-4H3,(H,28,32)/t17-/m0/s1. The van der Waals surface area contributed by atoms with Crippen LogP contribution in [0.15, 0.2) is 48.5 Å². The van der Waals surface area contributed by atoms with Gasteiger partial charge in [-0.3, -0.25) is 13.9 Å². The molecule has 1 N–H and O–H groups in total. The molecule has 8 nitrogen and oxygen atoms in total. The van der Waals surface area contributed by atoms with Crippen LogP contribution in [0.4, 0.5) is 18.9 Å². The molecule has 0 aliphatic heterocycles. The van der Waals surface area contributed by atoms with Crippen LogP contribution in [-0.4, -0.2) is 57.6 Å². The molecule has 0 fully saturated rings. The third kappa shape index (κ3) is 7.87. The molecule has 2 aromatic rings. The van der Waals surface area contributed by atoms with Gasteiger partial charge in [0, 0.05) is 13.1 Å². The average molecular weight is 530 g/mol. The van der Waals surface area contributed by atoms with E-state index in [2.05, 4.69) is 5.32 Å². The number of rotatable bonds is 11. The second kappa shape index (κ2) is 12.1. The van der Waals surface area contributed by atoms with Gasteiger partial charge in [-0.15, -0.1) is 0 Å². The van der Waals surface area contributed by atoms with E-state index in [0.29, 0.717) is 34.7 Å². The molecule has 0 aliphatic rings. The van der Waals surface area contributed by atoms with Gasteiger partial charge in [0.15, 0.2) is 0 Å². The van der Waals surface area contributed by atoms with Crippen LogP contribution in [0.5, 0.6) is 5.75 Å². The lowest BCUT2D eigenvalue weighted by atomic mass is 10.1. The molecule has 0 heterocycles. The van der Waals surface area contributed by atoms with Crippen molar-refractivity contribution in [1.82, 2.24) is 10.2 Å². The minimum absolute atomic E-state index is 0.0380. The van der Waals surface area contributed by atoms with E-state index in [4.69, 9.17) is 4.74 Å². The van der Waals surface area contributed by atoms with Crippen molar-refractivity contribution in [3.8, 4) is 5.75 Å². The molecule has 0 aromatic heterocycles. The Balaban J connectivity index is 2.42. The number of nitrogens with zero attached hydrogens (tertiary/aromatic N) is 2. The molecule has 12 heteroatoms. The molecule has 1 atom stereocenters. The molecule has 0 bridgehead atoms. The number of amides is 2. The third-order valence-electron chi connectivity index (χ3n) is 5.37. The number of ether oxygens (including phenoxy) is 1. The van der Waals surface area contributed by atoms with E-state index in [0.717, 1.165) is 18.4 Å². The first-order valence-electron chi connectivity index (χ1n) is 11.1. The minimum Gasteiger partial charge on any atom is -0.497 e. The number of carbonyl (C=O) groups is 2. The van der Waals surface area contributed by atoms with Crippen molar-refractivity contribution in [1.29, 1.82) is 0 Å². The lowest BCUT2D eigenvalue weighted by molar-refractivity contribution is -0.139. The fourth-order valence-corrected chi connectivity index (χ4v) is 4.20. The van der Waals surface area contributed by atoms with E-state index in [1.165, 1.54) is 25.0 Å². The van der Waals surface area contributed by atoms with Gasteiger partial charge >= 0.3 is 6.18 Å². The van der Waals surface area contributed by atoms with Crippen LogP contribution < -0.4 is 14.4 Å². The normalized spacial score (nSPS) is 12.5. The summed E-state index contributed by atoms with van der Waals surface area (Å²) in [5.41, 5.74) is -0.721. The molecule has 2 aromatic carbocycles. The van der Waals surface area contributed by atoms with Crippen molar-refractivity contribution >= 4 is 27.5 Å². The highest BCUT2D eigenvalue weighted by molar-refractivity contribution is 7.92. The van der Waals surface area contributed by atoms with Crippen molar-refractivity contribution in [2.24, 2.45) is 0 Å². The van der Waals surface area contributed by atoms with Crippen LogP contribution in [0.1, 0.15) is 31.4 Å². The predicted molar refractivity (Wildman–Crippen MR) is 130 cm³/mol. The molecule has 0 saturated heterocycles. The largest absolute Gasteiger partial charge is 0.497 e. The van der Waals surface area contributed by atoms with Gasteiger partial charge in [-0.05, 0) is 49.2 Å². The zero-order chi connectivity index (χ0) is 27.1. The van der Waals surface area contributed by atoms with E-state index >= 15 is 0 Å². The van der Waals surface area contributed by atoms with Crippen LogP contribution >= 0.6 is 0 Å².